The van der Waals surface area contributed by atoms with Crippen LogP contribution >= 0.6 is 23.2 Å². The van der Waals surface area contributed by atoms with Crippen LogP contribution in [0.15, 0.2) is 97.2 Å². The van der Waals surface area contributed by atoms with Gasteiger partial charge in [-0.15, -0.1) is 0 Å². The third-order valence-electron chi connectivity index (χ3n) is 6.16. The second-order valence-electron chi connectivity index (χ2n) is 9.28. The van der Waals surface area contributed by atoms with Crippen LogP contribution in [0.4, 0.5) is 36.7 Å². The third-order valence-corrected chi connectivity index (χ3v) is 6.66. The number of benzene rings is 4. The number of anilines is 4. The fourth-order valence-corrected chi connectivity index (χ4v) is 4.26. The Labute approximate surface area is 281 Å². The van der Waals surface area contributed by atoms with Gasteiger partial charge in [-0.05, 0) is 98.0 Å². The lowest BCUT2D eigenvalue weighted by atomic mass is 10.1. The Balaban J connectivity index is 0.000000254. The Morgan fingerprint density at radius 1 is 0.702 bits per heavy atom. The molecule has 4 amide bonds. The summed E-state index contributed by atoms with van der Waals surface area (Å²) in [5.41, 5.74) is 7.69. The number of rotatable bonds is 7. The zero-order valence-electron chi connectivity index (χ0n) is 26.0. The third kappa shape index (κ3) is 10.9. The second-order valence-corrected chi connectivity index (χ2v) is 10.2. The molecule has 5 aromatic rings. The molecule has 6 N–H and O–H groups in total. The first-order chi connectivity index (χ1) is 22.6. The lowest BCUT2D eigenvalue weighted by Crippen LogP contribution is -2.19. The van der Waals surface area contributed by atoms with E-state index in [2.05, 4.69) is 32.1 Å². The van der Waals surface area contributed by atoms with E-state index in [1.54, 1.807) is 105 Å². The van der Waals surface area contributed by atoms with E-state index in [9.17, 15) is 14.0 Å². The molecule has 0 aliphatic heterocycles. The average molecular weight is 683 g/mol. The van der Waals surface area contributed by atoms with Crippen molar-refractivity contribution in [1.29, 1.82) is 0 Å². The van der Waals surface area contributed by atoms with Gasteiger partial charge in [-0.3, -0.25) is 4.68 Å². The number of ether oxygens (including phenoxy) is 2. The molecule has 0 fully saturated rings. The summed E-state index contributed by atoms with van der Waals surface area (Å²) in [4.78, 5) is 23.9. The van der Waals surface area contributed by atoms with Crippen molar-refractivity contribution >= 4 is 58.0 Å². The minimum absolute atomic E-state index is 0.267. The number of hydrogen-bond donors (Lipinski definition) is 5. The molecule has 14 heteroatoms. The molecule has 0 bridgehead atoms. The van der Waals surface area contributed by atoms with E-state index in [1.165, 1.54) is 18.8 Å². The molecule has 0 radical (unpaired) electrons. The molecule has 1 heterocycles. The van der Waals surface area contributed by atoms with Crippen molar-refractivity contribution in [3.8, 4) is 22.8 Å². The fraction of sp³-hybridized carbons (Fsp3) is 0.121. The zero-order valence-corrected chi connectivity index (χ0v) is 27.5. The Morgan fingerprint density at radius 3 is 1.53 bits per heavy atom. The highest BCUT2D eigenvalue weighted by Gasteiger charge is 2.17. The van der Waals surface area contributed by atoms with E-state index in [-0.39, 0.29) is 11.7 Å². The fourth-order valence-electron chi connectivity index (χ4n) is 4.01. The van der Waals surface area contributed by atoms with Crippen LogP contribution in [0, 0.1) is 5.82 Å². The highest BCUT2D eigenvalue weighted by molar-refractivity contribution is 6.31. The number of aromatic nitrogens is 2. The number of nitrogens with two attached hydrogens (primary N) is 1. The monoisotopic (exact) mass is 681 g/mol. The number of urea groups is 2. The van der Waals surface area contributed by atoms with Crippen molar-refractivity contribution in [1.82, 2.24) is 9.78 Å². The van der Waals surface area contributed by atoms with Gasteiger partial charge in [0.1, 0.15) is 17.2 Å². The number of carbonyl (C=O) groups is 2. The summed E-state index contributed by atoms with van der Waals surface area (Å²) in [6.07, 6.45) is 1.13. The summed E-state index contributed by atoms with van der Waals surface area (Å²) < 4.78 is 25.8. The highest BCUT2D eigenvalue weighted by atomic mass is 35.5. The van der Waals surface area contributed by atoms with Gasteiger partial charge in [-0.2, -0.15) is 5.10 Å². The van der Waals surface area contributed by atoms with Crippen LogP contribution in [0.2, 0.25) is 10.0 Å². The van der Waals surface area contributed by atoms with Crippen molar-refractivity contribution in [2.24, 2.45) is 12.8 Å². The molecule has 0 unspecified atom stereocenters. The topological polar surface area (TPSA) is 145 Å². The van der Waals surface area contributed by atoms with E-state index in [1.807, 2.05) is 0 Å². The Kier molecular flexibility index (Phi) is 13.9. The van der Waals surface area contributed by atoms with Crippen LogP contribution in [-0.4, -0.2) is 43.1 Å². The van der Waals surface area contributed by atoms with E-state index in [0.29, 0.717) is 44.1 Å². The van der Waals surface area contributed by atoms with Gasteiger partial charge in [0, 0.05) is 45.4 Å². The molecule has 0 spiro atoms. The first kappa shape index (κ1) is 36.2. The summed E-state index contributed by atoms with van der Waals surface area (Å²) in [6, 6.07) is 24.9. The molecule has 0 saturated heterocycles. The predicted molar refractivity (Wildman–Crippen MR) is 186 cm³/mol. The highest BCUT2D eigenvalue weighted by Crippen LogP contribution is 2.34. The van der Waals surface area contributed by atoms with Gasteiger partial charge >= 0.3 is 12.1 Å². The van der Waals surface area contributed by atoms with E-state index < -0.39 is 11.8 Å². The van der Waals surface area contributed by atoms with Crippen molar-refractivity contribution in [2.45, 2.75) is 0 Å². The second kappa shape index (κ2) is 18.0. The van der Waals surface area contributed by atoms with Crippen LogP contribution in [0.1, 0.15) is 0 Å². The lowest BCUT2D eigenvalue weighted by Gasteiger charge is -2.13. The largest absolute Gasteiger partial charge is 0.497 e. The quantitative estimate of drug-likeness (QED) is 0.117. The number of aryl methyl sites for hydroxylation is 1. The van der Waals surface area contributed by atoms with Gasteiger partial charge in [-0.25, -0.2) is 14.0 Å². The number of nitrogens with zero attached hydrogens (tertiary/aromatic N) is 2. The number of methoxy groups -OCH3 is 2. The molecule has 0 saturated carbocycles. The maximum absolute atomic E-state index is 14.1. The zero-order chi connectivity index (χ0) is 34.3. The normalized spacial score (nSPS) is 9.87. The smallest absolute Gasteiger partial charge is 0.323 e. The van der Waals surface area contributed by atoms with Gasteiger partial charge < -0.3 is 36.5 Å². The van der Waals surface area contributed by atoms with E-state index >= 15 is 0 Å². The van der Waals surface area contributed by atoms with Crippen LogP contribution < -0.4 is 36.5 Å². The molecule has 0 aliphatic carbocycles. The van der Waals surface area contributed by atoms with Crippen molar-refractivity contribution in [3.05, 3.63) is 113 Å². The number of nitrogens with one attached hydrogen (secondary N) is 4. The van der Waals surface area contributed by atoms with Gasteiger partial charge in [0.15, 0.2) is 5.82 Å². The molecule has 0 atom stereocenters. The van der Waals surface area contributed by atoms with Crippen molar-refractivity contribution < 1.29 is 23.5 Å². The first-order valence-electron chi connectivity index (χ1n) is 13.9. The Bertz CT molecular complexity index is 1730. The summed E-state index contributed by atoms with van der Waals surface area (Å²) in [6.45, 7) is 0. The minimum Gasteiger partial charge on any atom is -0.497 e. The Hall–Kier alpha value is -5.30. The summed E-state index contributed by atoms with van der Waals surface area (Å²) in [5, 5.41) is 15.9. The lowest BCUT2D eigenvalue weighted by molar-refractivity contribution is 0.261. The maximum atomic E-state index is 14.1. The number of carbonyl (C=O) groups excluding carboxylic acids is 2. The molecule has 5 rings (SSSR count). The van der Waals surface area contributed by atoms with E-state index in [4.69, 9.17) is 32.7 Å². The maximum Gasteiger partial charge on any atom is 0.323 e. The number of halogens is 3. The average Bonchev–Trinajstić information content (AvgIpc) is 3.41. The molecule has 1 aromatic heterocycles. The summed E-state index contributed by atoms with van der Waals surface area (Å²) in [5.74, 6) is 0.730. The molecule has 0 aliphatic rings. The molecule has 47 heavy (non-hydrogen) atoms. The van der Waals surface area contributed by atoms with Crippen molar-refractivity contribution in [2.75, 3.05) is 42.5 Å². The molecule has 11 nitrogen and oxygen atoms in total. The Morgan fingerprint density at radius 2 is 1.13 bits per heavy atom. The molecule has 246 valence electrons. The first-order valence-corrected chi connectivity index (χ1v) is 14.7. The van der Waals surface area contributed by atoms with Crippen LogP contribution in [0.25, 0.3) is 11.3 Å². The summed E-state index contributed by atoms with van der Waals surface area (Å²) >= 11 is 11.6. The number of amides is 4. The van der Waals surface area contributed by atoms with E-state index in [0.717, 1.165) is 11.9 Å². The van der Waals surface area contributed by atoms with Gasteiger partial charge in [0.25, 0.3) is 0 Å². The predicted octanol–water partition coefficient (Wildman–Crippen LogP) is 8.10. The minimum atomic E-state index is -0.478. The van der Waals surface area contributed by atoms with Crippen molar-refractivity contribution in [3.63, 3.8) is 0 Å². The molecular weight excluding hydrogens is 648 g/mol. The molecule has 4 aromatic carbocycles. The van der Waals surface area contributed by atoms with Gasteiger partial charge in [0.2, 0.25) is 0 Å². The summed E-state index contributed by atoms with van der Waals surface area (Å²) in [7, 11) is 6.22. The van der Waals surface area contributed by atoms with Crippen LogP contribution in [0.5, 0.6) is 11.5 Å². The standard InChI is InChI=1S/C18H16ClFN4O2.C14H13ClN2O2.CH5N/c1-24-17(15(20)10-21-24)14-9-13(7-8-16(14)26-2)23-18(25)22-12-5-3-11(19)4-6-12;1-19-13-8-6-12(7-9-13)17-14(18)16-11-4-2-10(15)3-5-11;1-2/h3-10H,1-2H3,(H2,22,23,25);2-9H,1H3,(H2,16,17,18);2H2,1H3. The van der Waals surface area contributed by atoms with Crippen LogP contribution in [0.3, 0.4) is 0 Å². The van der Waals surface area contributed by atoms with Crippen LogP contribution in [-0.2, 0) is 7.05 Å². The van der Waals surface area contributed by atoms with Gasteiger partial charge in [-0.1, -0.05) is 23.2 Å². The van der Waals surface area contributed by atoms with Gasteiger partial charge in [0.05, 0.1) is 20.4 Å². The SMILES string of the molecule is CN.COc1ccc(NC(=O)Nc2ccc(Cl)cc2)cc1.COc1ccc(NC(=O)Nc2ccc(Cl)cc2)cc1-c1c(F)cnn1C. The molecular formula is C33H34Cl2FN7O4. The number of hydrogen-bond acceptors (Lipinski definition) is 6.